The Morgan fingerprint density at radius 2 is 1.67 bits per heavy atom. The lowest BCUT2D eigenvalue weighted by molar-refractivity contribution is -0.385. The van der Waals surface area contributed by atoms with Gasteiger partial charge in [-0.25, -0.2) is 4.39 Å². The highest BCUT2D eigenvalue weighted by Gasteiger charge is 2.31. The van der Waals surface area contributed by atoms with Crippen molar-refractivity contribution in [1.82, 2.24) is 4.90 Å². The summed E-state index contributed by atoms with van der Waals surface area (Å²) in [4.78, 5) is 28.3. The number of likely N-dealkylation sites (tertiary alicyclic amines) is 1. The second-order valence-electron chi connectivity index (χ2n) is 8.38. The number of hydrogen-bond donors (Lipinski definition) is 0. The molecule has 0 aromatic heterocycles. The highest BCUT2D eigenvalue weighted by Crippen LogP contribution is 2.28. The Kier molecular flexibility index (Phi) is 6.79. The second-order valence-corrected chi connectivity index (χ2v) is 8.38. The lowest BCUT2D eigenvalue weighted by Crippen LogP contribution is -2.47. The molecule has 3 aromatic rings. The molecule has 1 fully saturated rings. The molecule has 1 aliphatic rings. The van der Waals surface area contributed by atoms with Gasteiger partial charge in [0.1, 0.15) is 5.82 Å². The number of piperidine rings is 1. The van der Waals surface area contributed by atoms with Crippen LogP contribution in [0.3, 0.4) is 0 Å². The van der Waals surface area contributed by atoms with Crippen LogP contribution in [0.2, 0.25) is 0 Å². The second kappa shape index (κ2) is 9.92. The summed E-state index contributed by atoms with van der Waals surface area (Å²) in [5, 5.41) is 11.3. The third-order valence-corrected chi connectivity index (χ3v) is 6.14. The first-order valence-electron chi connectivity index (χ1n) is 11.0. The van der Waals surface area contributed by atoms with Crippen molar-refractivity contribution in [2.45, 2.75) is 32.4 Å². The van der Waals surface area contributed by atoms with Gasteiger partial charge in [-0.2, -0.15) is 0 Å². The standard InChI is InChI=1S/C26H26FN3O3/c1-19-10-12-21(13-11-19)29(26(31)23-7-3-4-8-24(23)27)22-14-16-28(17-15-22)18-20-6-2-5-9-25(20)30(32)33/h2-13,22H,14-18H2,1H3. The first-order valence-corrected chi connectivity index (χ1v) is 11.0. The minimum absolute atomic E-state index is 0.0559. The third-order valence-electron chi connectivity index (χ3n) is 6.14. The third kappa shape index (κ3) is 5.09. The first-order chi connectivity index (χ1) is 15.9. The minimum atomic E-state index is -0.534. The van der Waals surface area contributed by atoms with Gasteiger partial charge in [-0.3, -0.25) is 19.8 Å². The van der Waals surface area contributed by atoms with Gasteiger partial charge in [-0.15, -0.1) is 0 Å². The SMILES string of the molecule is Cc1ccc(N(C(=O)c2ccccc2F)C2CCN(Cc3ccccc3[N+](=O)[O-])CC2)cc1. The number of hydrogen-bond acceptors (Lipinski definition) is 4. The van der Waals surface area contributed by atoms with E-state index in [1.807, 2.05) is 31.2 Å². The van der Waals surface area contributed by atoms with Gasteiger partial charge in [0.05, 0.1) is 10.5 Å². The van der Waals surface area contributed by atoms with E-state index < -0.39 is 5.82 Å². The predicted octanol–water partition coefficient (Wildman–Crippen LogP) is 5.35. The van der Waals surface area contributed by atoms with Crippen molar-refractivity contribution in [2.75, 3.05) is 18.0 Å². The van der Waals surface area contributed by atoms with Crippen LogP contribution in [0.1, 0.15) is 34.3 Å². The molecule has 0 atom stereocenters. The Balaban J connectivity index is 1.53. The molecule has 1 aliphatic heterocycles. The fraction of sp³-hybridized carbons (Fsp3) is 0.269. The highest BCUT2D eigenvalue weighted by molar-refractivity contribution is 6.06. The molecule has 170 valence electrons. The van der Waals surface area contributed by atoms with Gasteiger partial charge in [-0.1, -0.05) is 48.0 Å². The van der Waals surface area contributed by atoms with Gasteiger partial charge >= 0.3 is 0 Å². The van der Waals surface area contributed by atoms with Crippen molar-refractivity contribution in [3.8, 4) is 0 Å². The summed E-state index contributed by atoms with van der Waals surface area (Å²) in [6, 6.07) is 20.4. The van der Waals surface area contributed by atoms with E-state index in [-0.39, 0.29) is 28.1 Å². The van der Waals surface area contributed by atoms with Gasteiger partial charge < -0.3 is 4.90 Å². The number of nitro benzene ring substituents is 1. The molecule has 0 bridgehead atoms. The molecule has 7 heteroatoms. The van der Waals surface area contributed by atoms with E-state index in [2.05, 4.69) is 4.90 Å². The van der Waals surface area contributed by atoms with Crippen LogP contribution in [0, 0.1) is 22.9 Å². The van der Waals surface area contributed by atoms with E-state index in [9.17, 15) is 19.3 Å². The summed E-state index contributed by atoms with van der Waals surface area (Å²) in [5.41, 5.74) is 2.68. The van der Waals surface area contributed by atoms with E-state index in [0.29, 0.717) is 38.0 Å². The summed E-state index contributed by atoms with van der Waals surface area (Å²) >= 11 is 0. The number of nitrogens with zero attached hydrogens (tertiary/aromatic N) is 3. The Labute approximate surface area is 192 Å². The number of rotatable bonds is 6. The fourth-order valence-corrected chi connectivity index (χ4v) is 4.36. The molecule has 0 spiro atoms. The number of para-hydroxylation sites is 1. The monoisotopic (exact) mass is 447 g/mol. The number of carbonyl (C=O) groups excluding carboxylic acids is 1. The van der Waals surface area contributed by atoms with Crippen molar-refractivity contribution < 1.29 is 14.1 Å². The molecule has 0 unspecified atom stereocenters. The molecule has 1 saturated heterocycles. The van der Waals surface area contributed by atoms with Crippen LogP contribution < -0.4 is 4.90 Å². The molecule has 0 saturated carbocycles. The van der Waals surface area contributed by atoms with E-state index in [1.165, 1.54) is 18.2 Å². The summed E-state index contributed by atoms with van der Waals surface area (Å²) in [6.45, 7) is 3.83. The maximum Gasteiger partial charge on any atom is 0.273 e. The van der Waals surface area contributed by atoms with Gasteiger partial charge in [0, 0.05) is 43.0 Å². The summed E-state index contributed by atoms with van der Waals surface area (Å²) < 4.78 is 14.4. The zero-order chi connectivity index (χ0) is 23.4. The van der Waals surface area contributed by atoms with Crippen LogP contribution >= 0.6 is 0 Å². The molecule has 1 amide bonds. The molecule has 4 rings (SSSR count). The van der Waals surface area contributed by atoms with E-state index >= 15 is 0 Å². The summed E-state index contributed by atoms with van der Waals surface area (Å²) in [7, 11) is 0. The first kappa shape index (κ1) is 22.6. The van der Waals surface area contributed by atoms with Gasteiger partial charge in [0.15, 0.2) is 0 Å². The molecule has 33 heavy (non-hydrogen) atoms. The normalized spacial score (nSPS) is 14.7. The number of anilines is 1. The van der Waals surface area contributed by atoms with Crippen LogP contribution in [0.15, 0.2) is 72.8 Å². The van der Waals surface area contributed by atoms with Crippen LogP contribution in [-0.2, 0) is 6.54 Å². The van der Waals surface area contributed by atoms with Crippen molar-refractivity contribution in [1.29, 1.82) is 0 Å². The van der Waals surface area contributed by atoms with Crippen LogP contribution in [0.4, 0.5) is 15.8 Å². The van der Waals surface area contributed by atoms with Crippen molar-refractivity contribution >= 4 is 17.3 Å². The Morgan fingerprint density at radius 3 is 2.33 bits per heavy atom. The quantitative estimate of drug-likeness (QED) is 0.377. The average Bonchev–Trinajstić information content (AvgIpc) is 2.82. The largest absolute Gasteiger partial charge is 0.305 e. The lowest BCUT2D eigenvalue weighted by atomic mass is 9.99. The Bertz CT molecular complexity index is 1140. The summed E-state index contributed by atoms with van der Waals surface area (Å²) in [6.07, 6.45) is 1.38. The van der Waals surface area contributed by atoms with Gasteiger partial charge in [-0.05, 0) is 44.0 Å². The molecular formula is C26H26FN3O3. The van der Waals surface area contributed by atoms with Crippen LogP contribution in [0.5, 0.6) is 0 Å². The van der Waals surface area contributed by atoms with E-state index in [1.54, 1.807) is 35.2 Å². The summed E-state index contributed by atoms with van der Waals surface area (Å²) in [5.74, 6) is -0.887. The molecular weight excluding hydrogens is 421 g/mol. The van der Waals surface area contributed by atoms with Gasteiger partial charge in [0.2, 0.25) is 0 Å². The molecule has 6 nitrogen and oxygen atoms in total. The number of carbonyl (C=O) groups is 1. The van der Waals surface area contributed by atoms with E-state index in [0.717, 1.165) is 11.3 Å². The lowest BCUT2D eigenvalue weighted by Gasteiger charge is -2.38. The van der Waals surface area contributed by atoms with Crippen LogP contribution in [0.25, 0.3) is 0 Å². The average molecular weight is 448 g/mol. The van der Waals surface area contributed by atoms with Crippen molar-refractivity contribution in [2.24, 2.45) is 0 Å². The molecule has 0 N–H and O–H groups in total. The Morgan fingerprint density at radius 1 is 1.03 bits per heavy atom. The van der Waals surface area contributed by atoms with Crippen molar-refractivity contribution in [3.63, 3.8) is 0 Å². The number of benzene rings is 3. The number of halogens is 1. The number of nitro groups is 1. The maximum atomic E-state index is 14.4. The Hall–Kier alpha value is -3.58. The van der Waals surface area contributed by atoms with Gasteiger partial charge in [0.25, 0.3) is 11.6 Å². The molecule has 0 aliphatic carbocycles. The topological polar surface area (TPSA) is 66.7 Å². The minimum Gasteiger partial charge on any atom is -0.305 e. The zero-order valence-electron chi connectivity index (χ0n) is 18.5. The maximum absolute atomic E-state index is 14.4. The van der Waals surface area contributed by atoms with Crippen molar-refractivity contribution in [3.05, 3.63) is 105 Å². The molecule has 1 heterocycles. The molecule has 3 aromatic carbocycles. The smallest absolute Gasteiger partial charge is 0.273 e. The molecule has 0 radical (unpaired) electrons. The zero-order valence-corrected chi connectivity index (χ0v) is 18.5. The van der Waals surface area contributed by atoms with Crippen LogP contribution in [-0.4, -0.2) is 34.9 Å². The van der Waals surface area contributed by atoms with E-state index in [4.69, 9.17) is 0 Å². The number of aryl methyl sites for hydroxylation is 1. The predicted molar refractivity (Wildman–Crippen MR) is 126 cm³/mol. The highest BCUT2D eigenvalue weighted by atomic mass is 19.1. The fourth-order valence-electron chi connectivity index (χ4n) is 4.36. The number of amides is 1.